The number of aromatic nitrogens is 1. The molecule has 2 aliphatic rings. The Balaban J connectivity index is 1.49. The molecule has 4 aromatic rings. The molecule has 0 unspecified atom stereocenters. The van der Waals surface area contributed by atoms with Crippen LogP contribution in [0.25, 0.3) is 5.00 Å². The summed E-state index contributed by atoms with van der Waals surface area (Å²) in [6.45, 7) is 3.05. The Kier molecular flexibility index (Phi) is 6.80. The SMILES string of the molecule is CCOc1cccc([C@@H]2c3cccn3-c3sc4c(c3CN2C(=O)Nc2cc(Cl)ccc2OC)CCCC4)c1. The smallest absolute Gasteiger partial charge is 0.323 e. The van der Waals surface area contributed by atoms with E-state index in [0.717, 1.165) is 29.8 Å². The lowest BCUT2D eigenvalue weighted by molar-refractivity contribution is 0.194. The lowest BCUT2D eigenvalue weighted by atomic mass is 9.95. The molecule has 2 aromatic carbocycles. The van der Waals surface area contributed by atoms with Crippen molar-refractivity contribution >= 4 is 34.7 Å². The summed E-state index contributed by atoms with van der Waals surface area (Å²) in [7, 11) is 1.59. The van der Waals surface area contributed by atoms with Crippen molar-refractivity contribution in [2.75, 3.05) is 19.0 Å². The lowest BCUT2D eigenvalue weighted by Gasteiger charge is -2.32. The van der Waals surface area contributed by atoms with Crippen molar-refractivity contribution in [1.29, 1.82) is 0 Å². The fraction of sp³-hybridized carbons (Fsp3) is 0.300. The molecule has 1 N–H and O–H groups in total. The summed E-state index contributed by atoms with van der Waals surface area (Å²) in [5.41, 5.74) is 5.24. The van der Waals surface area contributed by atoms with Gasteiger partial charge in [0.05, 0.1) is 37.7 Å². The van der Waals surface area contributed by atoms with Crippen LogP contribution in [0.3, 0.4) is 0 Å². The van der Waals surface area contributed by atoms with Gasteiger partial charge in [0.2, 0.25) is 0 Å². The Morgan fingerprint density at radius 2 is 1.97 bits per heavy atom. The maximum Gasteiger partial charge on any atom is 0.323 e. The molecule has 3 heterocycles. The number of rotatable bonds is 5. The van der Waals surface area contributed by atoms with Gasteiger partial charge < -0.3 is 24.3 Å². The minimum absolute atomic E-state index is 0.214. The van der Waals surface area contributed by atoms with E-state index >= 15 is 0 Å². The minimum atomic E-state index is -0.325. The van der Waals surface area contributed by atoms with Crippen molar-refractivity contribution in [2.45, 2.75) is 45.2 Å². The topological polar surface area (TPSA) is 55.7 Å². The predicted molar refractivity (Wildman–Crippen MR) is 152 cm³/mol. The Labute approximate surface area is 231 Å². The number of carbonyl (C=O) groups excluding carboxylic acids is 1. The second kappa shape index (κ2) is 10.4. The molecule has 1 aliphatic carbocycles. The van der Waals surface area contributed by atoms with Gasteiger partial charge in [-0.2, -0.15) is 0 Å². The molecule has 6 nitrogen and oxygen atoms in total. The largest absolute Gasteiger partial charge is 0.495 e. The number of amides is 2. The quantitative estimate of drug-likeness (QED) is 0.279. The third-order valence-electron chi connectivity index (χ3n) is 7.33. The number of urea groups is 1. The second-order valence-corrected chi connectivity index (χ2v) is 11.1. The van der Waals surface area contributed by atoms with Crippen LogP contribution in [0.4, 0.5) is 10.5 Å². The zero-order valence-electron chi connectivity index (χ0n) is 21.5. The van der Waals surface area contributed by atoms with E-state index in [4.69, 9.17) is 21.1 Å². The zero-order valence-corrected chi connectivity index (χ0v) is 23.1. The second-order valence-electron chi connectivity index (χ2n) is 9.61. The first-order valence-electron chi connectivity index (χ1n) is 13.0. The highest BCUT2D eigenvalue weighted by Crippen LogP contribution is 2.44. The number of nitrogens with zero attached hydrogens (tertiary/aromatic N) is 2. The van der Waals surface area contributed by atoms with Crippen molar-refractivity contribution in [3.05, 3.63) is 93.1 Å². The highest BCUT2D eigenvalue weighted by Gasteiger charge is 2.36. The van der Waals surface area contributed by atoms with Crippen LogP contribution in [0.2, 0.25) is 5.02 Å². The van der Waals surface area contributed by atoms with Crippen LogP contribution in [0.15, 0.2) is 60.8 Å². The maximum absolute atomic E-state index is 14.2. The fourth-order valence-electron chi connectivity index (χ4n) is 5.64. The summed E-state index contributed by atoms with van der Waals surface area (Å²) in [5, 5.41) is 4.86. The zero-order chi connectivity index (χ0) is 26.2. The van der Waals surface area contributed by atoms with Gasteiger partial charge >= 0.3 is 6.03 Å². The van der Waals surface area contributed by atoms with Crippen molar-refractivity contribution in [2.24, 2.45) is 0 Å². The first-order chi connectivity index (χ1) is 18.6. The number of thiophene rings is 1. The monoisotopic (exact) mass is 547 g/mol. The molecule has 0 bridgehead atoms. The number of carbonyl (C=O) groups is 1. The number of methoxy groups -OCH3 is 1. The number of anilines is 1. The van der Waals surface area contributed by atoms with Crippen molar-refractivity contribution in [1.82, 2.24) is 9.47 Å². The van der Waals surface area contributed by atoms with Crippen LogP contribution in [0.5, 0.6) is 11.5 Å². The molecule has 0 fully saturated rings. The van der Waals surface area contributed by atoms with Crippen LogP contribution in [0, 0.1) is 0 Å². The van der Waals surface area contributed by atoms with Crippen LogP contribution in [0.1, 0.15) is 53.1 Å². The standard InChI is InChI=1S/C30H30ClN3O3S/c1-3-37-21-9-6-8-19(16-21)28-25-11-7-15-33(25)29-23(22-10-4-5-12-27(22)38-29)18-34(28)30(35)32-24-17-20(31)13-14-26(24)36-2/h6-9,11,13-17,28H,3-5,10,12,18H2,1-2H3,(H,32,35)/t28-/m1/s1. The highest BCUT2D eigenvalue weighted by atomic mass is 35.5. The van der Waals surface area contributed by atoms with E-state index in [2.05, 4.69) is 34.3 Å². The minimum Gasteiger partial charge on any atom is -0.495 e. The van der Waals surface area contributed by atoms with Gasteiger partial charge in [-0.3, -0.25) is 0 Å². The van der Waals surface area contributed by atoms with Crippen LogP contribution < -0.4 is 14.8 Å². The number of aryl methyl sites for hydroxylation is 1. The molecule has 8 heteroatoms. The van der Waals surface area contributed by atoms with Gasteiger partial charge in [-0.05, 0) is 86.2 Å². The summed E-state index contributed by atoms with van der Waals surface area (Å²) in [4.78, 5) is 17.6. The molecular weight excluding hydrogens is 518 g/mol. The highest BCUT2D eigenvalue weighted by molar-refractivity contribution is 7.15. The molecular formula is C30H30ClN3O3S. The van der Waals surface area contributed by atoms with E-state index in [1.165, 1.54) is 33.8 Å². The number of nitrogens with one attached hydrogen (secondary N) is 1. The van der Waals surface area contributed by atoms with Crippen LogP contribution >= 0.6 is 22.9 Å². The Morgan fingerprint density at radius 3 is 2.82 bits per heavy atom. The average molecular weight is 548 g/mol. The van der Waals surface area contributed by atoms with E-state index in [-0.39, 0.29) is 12.1 Å². The first kappa shape index (κ1) is 24.9. The molecule has 0 spiro atoms. The summed E-state index contributed by atoms with van der Waals surface area (Å²) in [5.74, 6) is 1.35. The molecule has 1 aliphatic heterocycles. The Hall–Kier alpha value is -3.42. The third kappa shape index (κ3) is 4.44. The summed E-state index contributed by atoms with van der Waals surface area (Å²) in [6, 6.07) is 16.9. The molecule has 2 amide bonds. The van der Waals surface area contributed by atoms with Gasteiger partial charge in [0.1, 0.15) is 16.5 Å². The van der Waals surface area contributed by atoms with Crippen LogP contribution in [-0.2, 0) is 19.4 Å². The average Bonchev–Trinajstić information content (AvgIpc) is 3.51. The molecule has 0 radical (unpaired) electrons. The van der Waals surface area contributed by atoms with E-state index in [1.807, 2.05) is 41.4 Å². The maximum atomic E-state index is 14.2. The number of fused-ring (bicyclic) bond motifs is 5. The Bertz CT molecular complexity index is 1490. The van der Waals surface area contributed by atoms with Gasteiger partial charge in [0.25, 0.3) is 0 Å². The van der Waals surface area contributed by atoms with Gasteiger partial charge in [-0.25, -0.2) is 4.79 Å². The molecule has 0 saturated carbocycles. The molecule has 1 atom stereocenters. The molecule has 196 valence electrons. The van der Waals surface area contributed by atoms with Crippen LogP contribution in [-0.4, -0.2) is 29.2 Å². The number of hydrogen-bond donors (Lipinski definition) is 1. The first-order valence-corrected chi connectivity index (χ1v) is 14.2. The van der Waals surface area contributed by atoms with Crippen molar-refractivity contribution in [3.63, 3.8) is 0 Å². The number of hydrogen-bond acceptors (Lipinski definition) is 4. The van der Waals surface area contributed by atoms with Gasteiger partial charge in [-0.15, -0.1) is 11.3 Å². The van der Waals surface area contributed by atoms with Crippen molar-refractivity contribution < 1.29 is 14.3 Å². The normalized spacial score (nSPS) is 16.2. The van der Waals surface area contributed by atoms with Gasteiger partial charge in [-0.1, -0.05) is 23.7 Å². The lowest BCUT2D eigenvalue weighted by Crippen LogP contribution is -2.38. The van der Waals surface area contributed by atoms with E-state index in [9.17, 15) is 4.79 Å². The predicted octanol–water partition coefficient (Wildman–Crippen LogP) is 7.62. The summed E-state index contributed by atoms with van der Waals surface area (Å²) >= 11 is 8.16. The molecule has 2 aromatic heterocycles. The Morgan fingerprint density at radius 1 is 1.11 bits per heavy atom. The molecule has 6 rings (SSSR count). The van der Waals surface area contributed by atoms with E-state index in [1.54, 1.807) is 25.3 Å². The van der Waals surface area contributed by atoms with Gasteiger partial charge in [0, 0.05) is 21.7 Å². The summed E-state index contributed by atoms with van der Waals surface area (Å²) < 4.78 is 13.6. The number of ether oxygens (including phenoxy) is 2. The number of halogens is 1. The summed E-state index contributed by atoms with van der Waals surface area (Å²) in [6.07, 6.45) is 6.68. The van der Waals surface area contributed by atoms with Gasteiger partial charge in [0.15, 0.2) is 0 Å². The third-order valence-corrected chi connectivity index (χ3v) is 8.90. The van der Waals surface area contributed by atoms with E-state index < -0.39 is 0 Å². The van der Waals surface area contributed by atoms with E-state index in [0.29, 0.717) is 29.6 Å². The van der Waals surface area contributed by atoms with Crippen molar-refractivity contribution in [3.8, 4) is 16.5 Å². The molecule has 38 heavy (non-hydrogen) atoms. The molecule has 0 saturated heterocycles. The fourth-order valence-corrected chi connectivity index (χ4v) is 7.22. The number of benzene rings is 2.